The molecule has 2 nitrogen and oxygen atoms in total. The summed E-state index contributed by atoms with van der Waals surface area (Å²) in [5.41, 5.74) is 16.9. The van der Waals surface area contributed by atoms with E-state index in [9.17, 15) is 0 Å². The van der Waals surface area contributed by atoms with Crippen molar-refractivity contribution in [1.82, 2.24) is 0 Å². The van der Waals surface area contributed by atoms with Crippen LogP contribution in [0.5, 0.6) is 0 Å². The van der Waals surface area contributed by atoms with Crippen LogP contribution < -0.4 is 4.90 Å². The van der Waals surface area contributed by atoms with Gasteiger partial charge >= 0.3 is 0 Å². The molecule has 10 aromatic carbocycles. The second-order valence-electron chi connectivity index (χ2n) is 15.7. The highest BCUT2D eigenvalue weighted by Crippen LogP contribution is 2.45. The highest BCUT2D eigenvalue weighted by atomic mass is 16.3. The summed E-state index contributed by atoms with van der Waals surface area (Å²) in [6.45, 7) is 0. The number of nitrogens with zero attached hydrogens (tertiary/aromatic N) is 1. The first-order valence-corrected chi connectivity index (χ1v) is 21.2. The molecule has 0 fully saturated rings. The van der Waals surface area contributed by atoms with Gasteiger partial charge in [-0.05, 0) is 86.3 Å². The van der Waals surface area contributed by atoms with Crippen molar-refractivity contribution in [2.24, 2.45) is 0 Å². The Morgan fingerprint density at radius 1 is 0.290 bits per heavy atom. The molecule has 62 heavy (non-hydrogen) atoms. The molecule has 0 unspecified atom stereocenters. The van der Waals surface area contributed by atoms with Gasteiger partial charge in [0.2, 0.25) is 0 Å². The summed E-state index contributed by atoms with van der Waals surface area (Å²) >= 11 is 0. The number of furan rings is 1. The Balaban J connectivity index is 0.931. The Bertz CT molecular complexity index is 3310. The molecule has 1 aromatic heterocycles. The van der Waals surface area contributed by atoms with Crippen molar-refractivity contribution in [2.45, 2.75) is 0 Å². The minimum absolute atomic E-state index is 0.886. The Morgan fingerprint density at radius 2 is 0.758 bits per heavy atom. The molecule has 0 N–H and O–H groups in total. The molecular formula is C60H41NO. The molecule has 0 saturated carbocycles. The highest BCUT2D eigenvalue weighted by Gasteiger charge is 2.20. The van der Waals surface area contributed by atoms with Crippen LogP contribution in [0.2, 0.25) is 0 Å². The number of benzene rings is 10. The molecule has 0 atom stereocenters. The monoisotopic (exact) mass is 791 g/mol. The average molecular weight is 792 g/mol. The van der Waals surface area contributed by atoms with Crippen LogP contribution in [-0.4, -0.2) is 0 Å². The van der Waals surface area contributed by atoms with Crippen LogP contribution in [0.4, 0.5) is 17.1 Å². The van der Waals surface area contributed by atoms with Crippen LogP contribution in [0.3, 0.4) is 0 Å². The molecule has 0 aliphatic heterocycles. The fourth-order valence-electron chi connectivity index (χ4n) is 8.84. The lowest BCUT2D eigenvalue weighted by Crippen LogP contribution is -2.11. The number of hydrogen-bond donors (Lipinski definition) is 0. The topological polar surface area (TPSA) is 16.4 Å². The molecule has 0 aliphatic carbocycles. The molecule has 0 spiro atoms. The molecule has 0 amide bonds. The number of rotatable bonds is 9. The Hall–Kier alpha value is -8.20. The van der Waals surface area contributed by atoms with E-state index >= 15 is 0 Å². The van der Waals surface area contributed by atoms with E-state index in [0.29, 0.717) is 0 Å². The lowest BCUT2D eigenvalue weighted by atomic mass is 9.95. The van der Waals surface area contributed by atoms with E-state index < -0.39 is 0 Å². The quantitative estimate of drug-likeness (QED) is 0.145. The molecule has 11 aromatic rings. The first-order chi connectivity index (χ1) is 30.7. The van der Waals surface area contributed by atoms with Gasteiger partial charge in [0.25, 0.3) is 0 Å². The molecule has 0 radical (unpaired) electrons. The minimum atomic E-state index is 0.886. The van der Waals surface area contributed by atoms with E-state index in [1.807, 2.05) is 12.1 Å². The van der Waals surface area contributed by atoms with E-state index in [2.05, 4.69) is 241 Å². The third kappa shape index (κ3) is 6.94. The normalized spacial score (nSPS) is 11.2. The van der Waals surface area contributed by atoms with E-state index in [1.54, 1.807) is 0 Å². The van der Waals surface area contributed by atoms with Crippen LogP contribution in [0.1, 0.15) is 0 Å². The number of para-hydroxylation sites is 2. The van der Waals surface area contributed by atoms with Gasteiger partial charge in [-0.2, -0.15) is 0 Å². The van der Waals surface area contributed by atoms with Gasteiger partial charge < -0.3 is 9.32 Å². The summed E-state index contributed by atoms with van der Waals surface area (Å²) in [7, 11) is 0. The van der Waals surface area contributed by atoms with Crippen LogP contribution in [-0.2, 0) is 0 Å². The average Bonchev–Trinajstić information content (AvgIpc) is 3.75. The van der Waals surface area contributed by atoms with Crippen LogP contribution in [0, 0.1) is 0 Å². The highest BCUT2D eigenvalue weighted by molar-refractivity contribution is 6.03. The van der Waals surface area contributed by atoms with Crippen LogP contribution in [0.15, 0.2) is 253 Å². The summed E-state index contributed by atoms with van der Waals surface area (Å²) < 4.78 is 6.56. The lowest BCUT2D eigenvalue weighted by Gasteiger charge is -2.29. The molecule has 2 heteroatoms. The summed E-state index contributed by atoms with van der Waals surface area (Å²) in [6, 6.07) is 88.9. The van der Waals surface area contributed by atoms with E-state index in [4.69, 9.17) is 4.42 Å². The lowest BCUT2D eigenvalue weighted by molar-refractivity contribution is 0.632. The van der Waals surface area contributed by atoms with Gasteiger partial charge in [0.15, 0.2) is 0 Å². The maximum absolute atomic E-state index is 6.56. The van der Waals surface area contributed by atoms with Gasteiger partial charge in [0.05, 0.1) is 11.4 Å². The molecule has 11 rings (SSSR count). The first-order valence-electron chi connectivity index (χ1n) is 21.2. The number of anilines is 3. The van der Waals surface area contributed by atoms with Gasteiger partial charge in [0, 0.05) is 33.2 Å². The van der Waals surface area contributed by atoms with Crippen molar-refractivity contribution in [1.29, 1.82) is 0 Å². The zero-order valence-corrected chi connectivity index (χ0v) is 34.0. The summed E-state index contributed by atoms with van der Waals surface area (Å²) in [5.74, 6) is 0.886. The third-order valence-electron chi connectivity index (χ3n) is 11.9. The fourth-order valence-corrected chi connectivity index (χ4v) is 8.84. The van der Waals surface area contributed by atoms with Crippen molar-refractivity contribution in [3.63, 3.8) is 0 Å². The Morgan fingerprint density at radius 3 is 1.48 bits per heavy atom. The predicted molar refractivity (Wildman–Crippen MR) is 261 cm³/mol. The fraction of sp³-hybridized carbons (Fsp3) is 0. The van der Waals surface area contributed by atoms with Gasteiger partial charge in [-0.3, -0.25) is 0 Å². The second kappa shape index (κ2) is 16.1. The van der Waals surface area contributed by atoms with Crippen molar-refractivity contribution in [2.75, 3.05) is 4.90 Å². The predicted octanol–water partition coefficient (Wildman–Crippen LogP) is 17.1. The van der Waals surface area contributed by atoms with E-state index in [0.717, 1.165) is 72.7 Å². The maximum atomic E-state index is 6.56. The second-order valence-corrected chi connectivity index (χ2v) is 15.7. The molecule has 0 bridgehead atoms. The van der Waals surface area contributed by atoms with E-state index in [1.165, 1.54) is 33.0 Å². The SMILES string of the molecule is c1ccc(-c2ccc(-c3ccccc3N(c3ccc(-c4ccc(-c5cccc(-c6oc7ccccc7c6-c6ccccc6)c5)cc4)cc3)c3cccc4ccccc34)cc2)cc1. The van der Waals surface area contributed by atoms with Gasteiger partial charge in [-0.15, -0.1) is 0 Å². The van der Waals surface area contributed by atoms with Gasteiger partial charge in [-0.1, -0.05) is 212 Å². The van der Waals surface area contributed by atoms with Crippen molar-refractivity contribution in [3.05, 3.63) is 249 Å². The van der Waals surface area contributed by atoms with E-state index in [-0.39, 0.29) is 0 Å². The van der Waals surface area contributed by atoms with Crippen LogP contribution >= 0.6 is 0 Å². The Kier molecular flexibility index (Phi) is 9.57. The van der Waals surface area contributed by atoms with Gasteiger partial charge in [-0.25, -0.2) is 0 Å². The van der Waals surface area contributed by atoms with Gasteiger partial charge in [0.1, 0.15) is 11.3 Å². The molecule has 292 valence electrons. The first kappa shape index (κ1) is 36.8. The largest absolute Gasteiger partial charge is 0.455 e. The zero-order chi connectivity index (χ0) is 41.2. The smallest absolute Gasteiger partial charge is 0.143 e. The minimum Gasteiger partial charge on any atom is -0.455 e. The van der Waals surface area contributed by atoms with Crippen molar-refractivity contribution < 1.29 is 4.42 Å². The molecule has 0 aliphatic rings. The maximum Gasteiger partial charge on any atom is 0.143 e. The zero-order valence-electron chi connectivity index (χ0n) is 34.0. The molecule has 0 saturated heterocycles. The van der Waals surface area contributed by atoms with Crippen molar-refractivity contribution in [3.8, 4) is 67.0 Å². The Labute approximate surface area is 362 Å². The standard InChI is InChI=1S/C60H41NO/c1-3-15-42(16-4-1)43-33-35-48(36-34-43)54-24-9-11-26-56(54)61(57-27-14-20-47-17-7-8-23-53(47)57)52-39-37-45(38-40-52)44-29-31-46(32-30-44)50-21-13-22-51(41-50)60-59(49-18-5-2-6-19-49)55-25-10-12-28-58(55)62-60/h1-41H. The molecule has 1 heterocycles. The number of hydrogen-bond acceptors (Lipinski definition) is 2. The molecular weight excluding hydrogens is 751 g/mol. The van der Waals surface area contributed by atoms with Crippen molar-refractivity contribution >= 4 is 38.8 Å². The summed E-state index contributed by atoms with van der Waals surface area (Å²) in [5, 5.41) is 3.52. The summed E-state index contributed by atoms with van der Waals surface area (Å²) in [4.78, 5) is 2.41. The third-order valence-corrected chi connectivity index (χ3v) is 11.9. The summed E-state index contributed by atoms with van der Waals surface area (Å²) in [6.07, 6.45) is 0. The number of fused-ring (bicyclic) bond motifs is 2. The van der Waals surface area contributed by atoms with Crippen LogP contribution in [0.25, 0.3) is 88.7 Å².